The zero-order valence-corrected chi connectivity index (χ0v) is 17.9. The van der Waals surface area contributed by atoms with E-state index in [2.05, 4.69) is 9.71 Å². The number of sulfonamides is 1. The molecule has 0 radical (unpaired) electrons. The Kier molecular flexibility index (Phi) is 10.0. The first-order valence-electron chi connectivity index (χ1n) is 9.48. The number of benzene rings is 1. The topological polar surface area (TPSA) is 115 Å². The number of aliphatic carboxylic acids is 1. The monoisotopic (exact) mass is 456 g/mol. The van der Waals surface area contributed by atoms with E-state index in [1.165, 1.54) is 24.3 Å². The second-order valence-electron chi connectivity index (χ2n) is 6.46. The van der Waals surface area contributed by atoms with Gasteiger partial charge in [0.1, 0.15) is 5.75 Å². The standard InChI is InChI=1S/C20H25ClN2O6S/c21-16-4-7-19(8-5-16)30(26,27)23-12-2-13-28-17(6-9-20(24)25)10-14-29-18-3-1-11-22-15-18/h1,3-5,7-8,11,15,17,23H,2,6,9-10,12-14H2,(H,24,25). The molecule has 1 heterocycles. The van der Waals surface area contributed by atoms with Gasteiger partial charge in [0.2, 0.25) is 10.0 Å². The first-order chi connectivity index (χ1) is 14.4. The lowest BCUT2D eigenvalue weighted by Crippen LogP contribution is -2.26. The molecule has 1 unspecified atom stereocenters. The van der Waals surface area contributed by atoms with Gasteiger partial charge in [-0.05, 0) is 49.2 Å². The summed E-state index contributed by atoms with van der Waals surface area (Å²) >= 11 is 5.77. The van der Waals surface area contributed by atoms with E-state index in [1.54, 1.807) is 24.5 Å². The average Bonchev–Trinajstić information content (AvgIpc) is 2.72. The molecule has 0 spiro atoms. The first kappa shape index (κ1) is 24.1. The number of hydrogen-bond acceptors (Lipinski definition) is 6. The number of pyridine rings is 1. The number of hydrogen-bond donors (Lipinski definition) is 2. The first-order valence-corrected chi connectivity index (χ1v) is 11.3. The molecule has 0 bridgehead atoms. The summed E-state index contributed by atoms with van der Waals surface area (Å²) in [5, 5.41) is 9.37. The predicted octanol–water partition coefficient (Wildman–Crippen LogP) is 3.12. The van der Waals surface area contributed by atoms with Crippen LogP contribution in [0.4, 0.5) is 0 Å². The van der Waals surface area contributed by atoms with Crippen molar-refractivity contribution in [3.63, 3.8) is 0 Å². The number of nitrogens with zero attached hydrogens (tertiary/aromatic N) is 1. The van der Waals surface area contributed by atoms with Crippen LogP contribution in [0.3, 0.4) is 0 Å². The molecule has 0 aliphatic carbocycles. The van der Waals surface area contributed by atoms with Crippen LogP contribution in [-0.4, -0.2) is 50.3 Å². The summed E-state index contributed by atoms with van der Waals surface area (Å²) in [6, 6.07) is 9.45. The van der Waals surface area contributed by atoms with Gasteiger partial charge in [-0.25, -0.2) is 13.1 Å². The molecule has 1 aromatic heterocycles. The minimum atomic E-state index is -3.61. The molecule has 0 fully saturated rings. The fourth-order valence-electron chi connectivity index (χ4n) is 2.56. The van der Waals surface area contributed by atoms with Gasteiger partial charge in [-0.2, -0.15) is 0 Å². The van der Waals surface area contributed by atoms with Gasteiger partial charge in [0, 0.05) is 37.2 Å². The molecule has 2 N–H and O–H groups in total. The third-order valence-electron chi connectivity index (χ3n) is 4.11. The third kappa shape index (κ3) is 9.08. The Bertz CT molecular complexity index is 878. The Morgan fingerprint density at radius 3 is 2.60 bits per heavy atom. The highest BCUT2D eigenvalue weighted by atomic mass is 35.5. The molecule has 0 saturated heterocycles. The van der Waals surface area contributed by atoms with Gasteiger partial charge in [0.05, 0.1) is 23.8 Å². The fourth-order valence-corrected chi connectivity index (χ4v) is 3.76. The van der Waals surface area contributed by atoms with Crippen LogP contribution in [0.2, 0.25) is 5.02 Å². The van der Waals surface area contributed by atoms with Crippen molar-refractivity contribution < 1.29 is 27.8 Å². The van der Waals surface area contributed by atoms with Crippen LogP contribution in [0, 0.1) is 0 Å². The lowest BCUT2D eigenvalue weighted by molar-refractivity contribution is -0.137. The Labute approximate surface area is 181 Å². The molecular weight excluding hydrogens is 432 g/mol. The van der Waals surface area contributed by atoms with E-state index in [1.807, 2.05) is 0 Å². The molecule has 0 aliphatic heterocycles. The number of ether oxygens (including phenoxy) is 2. The van der Waals surface area contributed by atoms with Crippen molar-refractivity contribution in [1.29, 1.82) is 0 Å². The van der Waals surface area contributed by atoms with E-state index in [4.69, 9.17) is 26.2 Å². The number of aromatic nitrogens is 1. The van der Waals surface area contributed by atoms with Crippen LogP contribution in [0.15, 0.2) is 53.7 Å². The second kappa shape index (κ2) is 12.5. The van der Waals surface area contributed by atoms with Gasteiger partial charge in [-0.1, -0.05) is 11.6 Å². The number of carboxylic acids is 1. The largest absolute Gasteiger partial charge is 0.492 e. The number of carboxylic acid groups (broad SMARTS) is 1. The molecule has 2 rings (SSSR count). The molecule has 30 heavy (non-hydrogen) atoms. The lowest BCUT2D eigenvalue weighted by atomic mass is 10.1. The Morgan fingerprint density at radius 1 is 1.17 bits per heavy atom. The quantitative estimate of drug-likeness (QED) is 0.419. The van der Waals surface area contributed by atoms with Gasteiger partial charge in [0.15, 0.2) is 0 Å². The minimum absolute atomic E-state index is 0.0131. The van der Waals surface area contributed by atoms with Crippen molar-refractivity contribution in [3.05, 3.63) is 53.8 Å². The number of nitrogens with one attached hydrogen (secondary N) is 1. The van der Waals surface area contributed by atoms with Crippen molar-refractivity contribution in [2.45, 2.75) is 36.7 Å². The van der Waals surface area contributed by atoms with E-state index >= 15 is 0 Å². The molecule has 2 aromatic rings. The number of halogens is 1. The lowest BCUT2D eigenvalue weighted by Gasteiger charge is -2.17. The summed E-state index contributed by atoms with van der Waals surface area (Å²) in [7, 11) is -3.61. The molecule has 0 saturated carbocycles. The SMILES string of the molecule is O=C(O)CCC(CCOc1cccnc1)OCCCNS(=O)(=O)c1ccc(Cl)cc1. The highest BCUT2D eigenvalue weighted by Gasteiger charge is 2.14. The molecule has 1 aromatic carbocycles. The van der Waals surface area contributed by atoms with Crippen molar-refractivity contribution in [1.82, 2.24) is 9.71 Å². The van der Waals surface area contributed by atoms with Crippen molar-refractivity contribution in [2.24, 2.45) is 0 Å². The Balaban J connectivity index is 1.73. The maximum atomic E-state index is 12.2. The summed E-state index contributed by atoms with van der Waals surface area (Å²) in [5.41, 5.74) is 0. The molecule has 164 valence electrons. The zero-order chi connectivity index (χ0) is 21.8. The summed E-state index contributed by atoms with van der Waals surface area (Å²) < 4.78 is 38.3. The molecule has 0 amide bonds. The second-order valence-corrected chi connectivity index (χ2v) is 8.66. The van der Waals surface area contributed by atoms with Crippen molar-refractivity contribution in [3.8, 4) is 5.75 Å². The Morgan fingerprint density at radius 2 is 1.93 bits per heavy atom. The van der Waals surface area contributed by atoms with E-state index < -0.39 is 16.0 Å². The van der Waals surface area contributed by atoms with E-state index in [0.29, 0.717) is 43.2 Å². The third-order valence-corrected chi connectivity index (χ3v) is 5.84. The fraction of sp³-hybridized carbons (Fsp3) is 0.400. The van der Waals surface area contributed by atoms with Crippen LogP contribution in [0.1, 0.15) is 25.7 Å². The van der Waals surface area contributed by atoms with Crippen LogP contribution in [0.25, 0.3) is 0 Å². The molecule has 1 atom stereocenters. The number of carbonyl (C=O) groups is 1. The van der Waals surface area contributed by atoms with E-state index in [9.17, 15) is 13.2 Å². The predicted molar refractivity (Wildman–Crippen MR) is 112 cm³/mol. The zero-order valence-electron chi connectivity index (χ0n) is 16.4. The van der Waals surface area contributed by atoms with Crippen LogP contribution in [-0.2, 0) is 19.6 Å². The highest BCUT2D eigenvalue weighted by Crippen LogP contribution is 2.14. The van der Waals surface area contributed by atoms with Crippen molar-refractivity contribution >= 4 is 27.6 Å². The maximum absolute atomic E-state index is 12.2. The van der Waals surface area contributed by atoms with E-state index in [0.717, 1.165) is 0 Å². The normalized spacial score (nSPS) is 12.4. The van der Waals surface area contributed by atoms with Gasteiger partial charge >= 0.3 is 5.97 Å². The maximum Gasteiger partial charge on any atom is 0.303 e. The minimum Gasteiger partial charge on any atom is -0.492 e. The molecule has 10 heteroatoms. The molecular formula is C20H25ClN2O6S. The van der Waals surface area contributed by atoms with Gasteiger partial charge in [0.25, 0.3) is 0 Å². The molecule has 8 nitrogen and oxygen atoms in total. The molecule has 0 aliphatic rings. The van der Waals surface area contributed by atoms with Gasteiger partial charge in [-0.3, -0.25) is 9.78 Å². The summed E-state index contributed by atoms with van der Waals surface area (Å²) in [5.74, 6) is -0.265. The highest BCUT2D eigenvalue weighted by molar-refractivity contribution is 7.89. The smallest absolute Gasteiger partial charge is 0.303 e. The van der Waals surface area contributed by atoms with Crippen molar-refractivity contribution in [2.75, 3.05) is 19.8 Å². The van der Waals surface area contributed by atoms with Crippen LogP contribution >= 0.6 is 11.6 Å². The van der Waals surface area contributed by atoms with Crippen LogP contribution < -0.4 is 9.46 Å². The average molecular weight is 457 g/mol. The van der Waals surface area contributed by atoms with Gasteiger partial charge < -0.3 is 14.6 Å². The van der Waals surface area contributed by atoms with Crippen LogP contribution in [0.5, 0.6) is 5.75 Å². The summed E-state index contributed by atoms with van der Waals surface area (Å²) in [6.07, 6.45) is 4.24. The summed E-state index contributed by atoms with van der Waals surface area (Å²) in [6.45, 7) is 0.849. The van der Waals surface area contributed by atoms with E-state index in [-0.39, 0.29) is 24.0 Å². The number of rotatable bonds is 14. The van der Waals surface area contributed by atoms with Gasteiger partial charge in [-0.15, -0.1) is 0 Å². The Hall–Kier alpha value is -2.20. The summed E-state index contributed by atoms with van der Waals surface area (Å²) in [4.78, 5) is 15.0.